The molecule has 1 aliphatic rings. The molecule has 0 aliphatic carbocycles. The van der Waals surface area contributed by atoms with Gasteiger partial charge in [0.05, 0.1) is 0 Å². The van der Waals surface area contributed by atoms with Gasteiger partial charge in [-0.25, -0.2) is 0 Å². The van der Waals surface area contributed by atoms with E-state index in [0.29, 0.717) is 0 Å². The summed E-state index contributed by atoms with van der Waals surface area (Å²) in [6.45, 7) is 2.31. The van der Waals surface area contributed by atoms with E-state index in [1.165, 1.54) is 37.9 Å². The zero-order chi connectivity index (χ0) is 11.2. The highest BCUT2D eigenvalue weighted by atomic mass is 15.1. The van der Waals surface area contributed by atoms with Crippen LogP contribution in [0.3, 0.4) is 0 Å². The molecule has 0 amide bonds. The first-order valence-corrected chi connectivity index (χ1v) is 6.21. The predicted molar refractivity (Wildman–Crippen MR) is 67.8 cm³/mol. The van der Waals surface area contributed by atoms with Crippen molar-refractivity contribution in [2.45, 2.75) is 31.7 Å². The van der Waals surface area contributed by atoms with Gasteiger partial charge in [-0.2, -0.15) is 0 Å². The number of aromatic nitrogens is 1. The smallest absolute Gasteiger partial charge is 0.0394 e. The molecule has 2 rings (SSSR count). The van der Waals surface area contributed by atoms with E-state index in [-0.39, 0.29) is 0 Å². The average molecular weight is 219 g/mol. The van der Waals surface area contributed by atoms with Crippen LogP contribution in [0.15, 0.2) is 24.5 Å². The van der Waals surface area contributed by atoms with Crippen molar-refractivity contribution in [2.24, 2.45) is 0 Å². The fourth-order valence-electron chi connectivity index (χ4n) is 2.25. The minimum atomic E-state index is 0.720. The summed E-state index contributed by atoms with van der Waals surface area (Å²) in [7, 11) is 2.15. The molecule has 0 radical (unpaired) electrons. The Morgan fingerprint density at radius 1 is 1.38 bits per heavy atom. The van der Waals surface area contributed by atoms with Crippen LogP contribution in [-0.4, -0.2) is 31.2 Å². The summed E-state index contributed by atoms with van der Waals surface area (Å²) in [5.74, 6) is 0. The summed E-state index contributed by atoms with van der Waals surface area (Å²) < 4.78 is 0. The first kappa shape index (κ1) is 11.4. The van der Waals surface area contributed by atoms with Crippen LogP contribution in [0.4, 0.5) is 5.69 Å². The quantitative estimate of drug-likeness (QED) is 0.840. The van der Waals surface area contributed by atoms with Crippen LogP contribution in [0, 0.1) is 0 Å². The molecule has 3 heteroatoms. The Morgan fingerprint density at radius 3 is 2.88 bits per heavy atom. The third-order valence-electron chi connectivity index (χ3n) is 3.33. The molecule has 1 aromatic heterocycles. The Morgan fingerprint density at radius 2 is 2.19 bits per heavy atom. The van der Waals surface area contributed by atoms with Gasteiger partial charge in [0.1, 0.15) is 0 Å². The molecule has 1 saturated heterocycles. The number of hydrogen-bond donors (Lipinski definition) is 1. The van der Waals surface area contributed by atoms with Gasteiger partial charge in [0.25, 0.3) is 0 Å². The third-order valence-corrected chi connectivity index (χ3v) is 3.33. The number of piperidine rings is 1. The first-order valence-electron chi connectivity index (χ1n) is 6.21. The zero-order valence-corrected chi connectivity index (χ0v) is 10.0. The lowest BCUT2D eigenvalue weighted by Gasteiger charge is -2.26. The molecule has 0 saturated carbocycles. The normalized spacial score (nSPS) is 20.7. The Hall–Kier alpha value is -1.09. The van der Waals surface area contributed by atoms with Crippen molar-refractivity contribution in [1.82, 2.24) is 10.3 Å². The van der Waals surface area contributed by atoms with Gasteiger partial charge in [0, 0.05) is 37.7 Å². The van der Waals surface area contributed by atoms with Crippen LogP contribution < -0.4 is 10.2 Å². The predicted octanol–water partition coefficient (Wildman–Crippen LogP) is 2.05. The summed E-state index contributed by atoms with van der Waals surface area (Å²) in [5, 5.41) is 3.59. The highest BCUT2D eigenvalue weighted by molar-refractivity contribution is 5.43. The molecular weight excluding hydrogens is 198 g/mol. The van der Waals surface area contributed by atoms with Gasteiger partial charge in [0.2, 0.25) is 0 Å². The van der Waals surface area contributed by atoms with Gasteiger partial charge < -0.3 is 10.2 Å². The molecule has 1 fully saturated rings. The average Bonchev–Trinajstić information content (AvgIpc) is 2.38. The first-order chi connectivity index (χ1) is 7.86. The third kappa shape index (κ3) is 3.20. The lowest BCUT2D eigenvalue weighted by Crippen LogP contribution is -2.36. The standard InChI is InChI=1S/C13H21N3/c1-16(13-5-9-14-10-6-13)11-7-12-4-2-3-8-15-12/h5-6,9-10,12,15H,2-4,7-8,11H2,1H3. The van der Waals surface area contributed by atoms with E-state index >= 15 is 0 Å². The SMILES string of the molecule is CN(CCC1CCCCN1)c1ccncc1. The van der Waals surface area contributed by atoms with Crippen LogP contribution in [0.2, 0.25) is 0 Å². The maximum absolute atomic E-state index is 4.04. The van der Waals surface area contributed by atoms with Crippen molar-refractivity contribution in [3.05, 3.63) is 24.5 Å². The summed E-state index contributed by atoms with van der Waals surface area (Å²) in [5.41, 5.74) is 1.26. The number of hydrogen-bond acceptors (Lipinski definition) is 3. The van der Waals surface area contributed by atoms with Crippen LogP contribution in [0.25, 0.3) is 0 Å². The monoisotopic (exact) mass is 219 g/mol. The highest BCUT2D eigenvalue weighted by Crippen LogP contribution is 2.14. The van der Waals surface area contributed by atoms with E-state index in [4.69, 9.17) is 0 Å². The molecule has 1 atom stereocenters. The largest absolute Gasteiger partial charge is 0.374 e. The van der Waals surface area contributed by atoms with E-state index in [1.807, 2.05) is 12.4 Å². The molecule has 16 heavy (non-hydrogen) atoms. The second-order valence-electron chi connectivity index (χ2n) is 4.56. The van der Waals surface area contributed by atoms with E-state index in [2.05, 4.69) is 34.4 Å². The maximum Gasteiger partial charge on any atom is 0.0394 e. The number of nitrogens with one attached hydrogen (secondary N) is 1. The number of rotatable bonds is 4. The molecule has 1 N–H and O–H groups in total. The molecule has 0 aromatic carbocycles. The fraction of sp³-hybridized carbons (Fsp3) is 0.615. The molecule has 0 bridgehead atoms. The summed E-state index contributed by atoms with van der Waals surface area (Å²) >= 11 is 0. The lowest BCUT2D eigenvalue weighted by atomic mass is 10.0. The van der Waals surface area contributed by atoms with Crippen LogP contribution >= 0.6 is 0 Å². The second kappa shape index (κ2) is 5.85. The van der Waals surface area contributed by atoms with Crippen molar-refractivity contribution in [3.63, 3.8) is 0 Å². The van der Waals surface area contributed by atoms with Crippen LogP contribution in [-0.2, 0) is 0 Å². The van der Waals surface area contributed by atoms with Crippen molar-refractivity contribution < 1.29 is 0 Å². The van der Waals surface area contributed by atoms with Crippen molar-refractivity contribution in [2.75, 3.05) is 25.0 Å². The van der Waals surface area contributed by atoms with Crippen molar-refractivity contribution >= 4 is 5.69 Å². The van der Waals surface area contributed by atoms with Crippen molar-refractivity contribution in [3.8, 4) is 0 Å². The van der Waals surface area contributed by atoms with E-state index in [1.54, 1.807) is 0 Å². The molecule has 3 nitrogen and oxygen atoms in total. The van der Waals surface area contributed by atoms with Gasteiger partial charge in [0.15, 0.2) is 0 Å². The van der Waals surface area contributed by atoms with Gasteiger partial charge in [-0.15, -0.1) is 0 Å². The molecule has 1 aromatic rings. The van der Waals surface area contributed by atoms with Gasteiger partial charge in [-0.1, -0.05) is 6.42 Å². The maximum atomic E-state index is 4.04. The zero-order valence-electron chi connectivity index (χ0n) is 10.0. The fourth-order valence-corrected chi connectivity index (χ4v) is 2.25. The van der Waals surface area contributed by atoms with E-state index < -0.39 is 0 Å². The molecule has 1 unspecified atom stereocenters. The summed E-state index contributed by atoms with van der Waals surface area (Å²) in [6, 6.07) is 4.85. The molecular formula is C13H21N3. The highest BCUT2D eigenvalue weighted by Gasteiger charge is 2.12. The number of pyridine rings is 1. The van der Waals surface area contributed by atoms with Gasteiger partial charge in [-0.05, 0) is 37.9 Å². The summed E-state index contributed by atoms with van der Waals surface area (Å²) in [4.78, 5) is 6.34. The van der Waals surface area contributed by atoms with E-state index in [0.717, 1.165) is 12.6 Å². The minimum absolute atomic E-state index is 0.720. The van der Waals surface area contributed by atoms with Crippen LogP contribution in [0.1, 0.15) is 25.7 Å². The Bertz CT molecular complexity index is 293. The second-order valence-corrected chi connectivity index (χ2v) is 4.56. The van der Waals surface area contributed by atoms with Gasteiger partial charge in [-0.3, -0.25) is 4.98 Å². The summed E-state index contributed by atoms with van der Waals surface area (Å²) in [6.07, 6.45) is 9.01. The topological polar surface area (TPSA) is 28.2 Å². The minimum Gasteiger partial charge on any atom is -0.374 e. The van der Waals surface area contributed by atoms with Gasteiger partial charge >= 0.3 is 0 Å². The Balaban J connectivity index is 1.77. The van der Waals surface area contributed by atoms with E-state index in [9.17, 15) is 0 Å². The molecule has 1 aliphatic heterocycles. The Labute approximate surface area is 97.9 Å². The van der Waals surface area contributed by atoms with Crippen molar-refractivity contribution in [1.29, 1.82) is 0 Å². The van der Waals surface area contributed by atoms with Crippen LogP contribution in [0.5, 0.6) is 0 Å². The molecule has 2 heterocycles. The number of anilines is 1. The Kier molecular flexibility index (Phi) is 4.17. The molecule has 88 valence electrons. The number of nitrogens with zero attached hydrogens (tertiary/aromatic N) is 2. The molecule has 0 spiro atoms. The lowest BCUT2D eigenvalue weighted by molar-refractivity contribution is 0.384.